The Bertz CT molecular complexity index is 699. The molecule has 2 aliphatic rings. The molecule has 3 heterocycles. The molecule has 110 valence electrons. The summed E-state index contributed by atoms with van der Waals surface area (Å²) in [6.07, 6.45) is 7.43. The number of nitrogens with zero attached hydrogens (tertiary/aromatic N) is 1. The van der Waals surface area contributed by atoms with Crippen LogP contribution in [0.3, 0.4) is 0 Å². The van der Waals surface area contributed by atoms with E-state index in [0.29, 0.717) is 23.1 Å². The zero-order valence-corrected chi connectivity index (χ0v) is 12.6. The maximum absolute atomic E-state index is 12.6. The molecule has 1 aliphatic carbocycles. The number of hydrogen-bond donors (Lipinski definition) is 2. The van der Waals surface area contributed by atoms with Gasteiger partial charge in [0.1, 0.15) is 5.03 Å². The number of furan rings is 1. The molecule has 0 spiro atoms. The number of thioether (sulfide) groups is 1. The molecule has 2 N–H and O–H groups in total. The van der Waals surface area contributed by atoms with Gasteiger partial charge in [0.15, 0.2) is 5.58 Å². The van der Waals surface area contributed by atoms with Crippen LogP contribution in [-0.2, 0) is 0 Å². The van der Waals surface area contributed by atoms with Gasteiger partial charge < -0.3 is 15.1 Å². The first-order valence-corrected chi connectivity index (χ1v) is 8.43. The Labute approximate surface area is 126 Å². The molecule has 5 nitrogen and oxygen atoms in total. The number of pyridine rings is 1. The van der Waals surface area contributed by atoms with E-state index in [9.17, 15) is 4.79 Å². The summed E-state index contributed by atoms with van der Waals surface area (Å²) in [5.41, 5.74) is 1.30. The van der Waals surface area contributed by atoms with E-state index in [4.69, 9.17) is 4.42 Å². The highest BCUT2D eigenvalue weighted by molar-refractivity contribution is 7.98. The first-order valence-electron chi connectivity index (χ1n) is 7.20. The highest BCUT2D eigenvalue weighted by Crippen LogP contribution is 2.32. The summed E-state index contributed by atoms with van der Waals surface area (Å²) in [7, 11) is 0. The Morgan fingerprint density at radius 3 is 3.14 bits per heavy atom. The van der Waals surface area contributed by atoms with E-state index in [0.717, 1.165) is 23.4 Å². The Morgan fingerprint density at radius 2 is 2.43 bits per heavy atom. The molecule has 6 heteroatoms. The number of fused-ring (bicyclic) bond motifs is 3. The zero-order valence-electron chi connectivity index (χ0n) is 11.8. The van der Waals surface area contributed by atoms with Crippen LogP contribution < -0.4 is 10.6 Å². The molecule has 1 saturated heterocycles. The zero-order chi connectivity index (χ0) is 14.4. The van der Waals surface area contributed by atoms with E-state index in [1.54, 1.807) is 12.5 Å². The topological polar surface area (TPSA) is 67.2 Å². The van der Waals surface area contributed by atoms with Crippen molar-refractivity contribution in [1.82, 2.24) is 15.6 Å². The van der Waals surface area contributed by atoms with Crippen LogP contribution in [-0.4, -0.2) is 35.8 Å². The second-order valence-electron chi connectivity index (χ2n) is 5.76. The van der Waals surface area contributed by atoms with Gasteiger partial charge in [0, 0.05) is 30.2 Å². The minimum absolute atomic E-state index is 0.0425. The van der Waals surface area contributed by atoms with Gasteiger partial charge >= 0.3 is 0 Å². The molecule has 0 radical (unpaired) electrons. The Hall–Kier alpha value is -1.53. The normalized spacial score (nSPS) is 27.4. The van der Waals surface area contributed by atoms with E-state index in [-0.39, 0.29) is 11.9 Å². The average molecular weight is 303 g/mol. The number of rotatable bonds is 3. The maximum atomic E-state index is 12.6. The van der Waals surface area contributed by atoms with Crippen LogP contribution in [0.1, 0.15) is 23.2 Å². The van der Waals surface area contributed by atoms with Crippen molar-refractivity contribution < 1.29 is 9.21 Å². The van der Waals surface area contributed by atoms with Gasteiger partial charge in [-0.05, 0) is 31.1 Å². The molecule has 1 saturated carbocycles. The van der Waals surface area contributed by atoms with Crippen molar-refractivity contribution in [3.8, 4) is 0 Å². The summed E-state index contributed by atoms with van der Waals surface area (Å²) in [5.74, 6) is 0.524. The van der Waals surface area contributed by atoms with E-state index < -0.39 is 0 Å². The van der Waals surface area contributed by atoms with Crippen LogP contribution in [0.25, 0.3) is 11.0 Å². The number of carbonyl (C=O) groups is 1. The van der Waals surface area contributed by atoms with Gasteiger partial charge in [-0.3, -0.25) is 4.79 Å². The molecule has 3 atom stereocenters. The largest absolute Gasteiger partial charge is 0.461 e. The van der Waals surface area contributed by atoms with Crippen LogP contribution in [0.2, 0.25) is 0 Å². The third kappa shape index (κ3) is 2.13. The fourth-order valence-corrected chi connectivity index (χ4v) is 4.02. The van der Waals surface area contributed by atoms with Gasteiger partial charge in [0.05, 0.1) is 11.8 Å². The standard InChI is InChI=1S/C15H17N3O2S/c1-21-15-13-10(2-3-20-13)11(7-17-15)14(19)18-12-5-9-4-8(12)6-16-9/h2-3,7-9,12,16H,4-6H2,1H3,(H,18,19). The van der Waals surface area contributed by atoms with Crippen molar-refractivity contribution in [2.24, 2.45) is 5.92 Å². The van der Waals surface area contributed by atoms with E-state index in [1.807, 2.05) is 12.3 Å². The van der Waals surface area contributed by atoms with E-state index >= 15 is 0 Å². The van der Waals surface area contributed by atoms with Crippen LogP contribution in [0, 0.1) is 5.92 Å². The van der Waals surface area contributed by atoms with E-state index in [2.05, 4.69) is 15.6 Å². The predicted molar refractivity (Wildman–Crippen MR) is 81.6 cm³/mol. The summed E-state index contributed by atoms with van der Waals surface area (Å²) < 4.78 is 5.48. The third-order valence-electron chi connectivity index (χ3n) is 4.58. The number of piperidine rings is 1. The second kappa shape index (κ2) is 5.03. The molecular weight excluding hydrogens is 286 g/mol. The molecule has 2 aromatic heterocycles. The molecule has 0 aromatic carbocycles. The molecular formula is C15H17N3O2S. The SMILES string of the molecule is CSc1ncc(C(=O)NC2CC3CC2CN3)c2ccoc12. The monoisotopic (exact) mass is 303 g/mol. The van der Waals surface area contributed by atoms with Crippen molar-refractivity contribution in [3.05, 3.63) is 24.1 Å². The highest BCUT2D eigenvalue weighted by atomic mass is 32.2. The van der Waals surface area contributed by atoms with Crippen LogP contribution in [0.15, 0.2) is 28.0 Å². The lowest BCUT2D eigenvalue weighted by Crippen LogP contribution is -2.44. The van der Waals surface area contributed by atoms with E-state index in [1.165, 1.54) is 18.2 Å². The Kier molecular flexibility index (Phi) is 3.15. The van der Waals surface area contributed by atoms with Gasteiger partial charge in [0.2, 0.25) is 0 Å². The summed E-state index contributed by atoms with van der Waals surface area (Å²) >= 11 is 1.52. The molecule has 2 fully saturated rings. The number of hydrogen-bond acceptors (Lipinski definition) is 5. The lowest BCUT2D eigenvalue weighted by Gasteiger charge is -2.23. The van der Waals surface area contributed by atoms with Crippen molar-refractivity contribution >= 4 is 28.6 Å². The molecule has 1 amide bonds. The molecule has 2 bridgehead atoms. The third-order valence-corrected chi connectivity index (χ3v) is 5.26. The number of aromatic nitrogens is 1. The summed E-state index contributed by atoms with van der Waals surface area (Å²) in [6.45, 7) is 1.01. The predicted octanol–water partition coefficient (Wildman–Crippen LogP) is 2.03. The number of carbonyl (C=O) groups excluding carboxylic acids is 1. The maximum Gasteiger partial charge on any atom is 0.253 e. The number of nitrogens with one attached hydrogen (secondary N) is 2. The minimum Gasteiger partial charge on any atom is -0.461 e. The fourth-order valence-electron chi connectivity index (χ4n) is 3.52. The summed E-state index contributed by atoms with van der Waals surface area (Å²) in [4.78, 5) is 16.9. The highest BCUT2D eigenvalue weighted by Gasteiger charge is 2.40. The van der Waals surface area contributed by atoms with Crippen LogP contribution in [0.4, 0.5) is 0 Å². The number of amides is 1. The van der Waals surface area contributed by atoms with Crippen molar-refractivity contribution in [1.29, 1.82) is 0 Å². The fraction of sp³-hybridized carbons (Fsp3) is 0.467. The van der Waals surface area contributed by atoms with Gasteiger partial charge in [-0.2, -0.15) is 0 Å². The first-order chi connectivity index (χ1) is 10.3. The van der Waals surface area contributed by atoms with Gasteiger partial charge in [-0.15, -0.1) is 11.8 Å². The molecule has 3 unspecified atom stereocenters. The van der Waals surface area contributed by atoms with Gasteiger partial charge in [0.25, 0.3) is 5.91 Å². The van der Waals surface area contributed by atoms with Gasteiger partial charge in [-0.1, -0.05) is 0 Å². The first kappa shape index (κ1) is 13.2. The summed E-state index contributed by atoms with van der Waals surface area (Å²) in [6, 6.07) is 2.70. The molecule has 21 heavy (non-hydrogen) atoms. The average Bonchev–Trinajstić information content (AvgIpc) is 3.21. The van der Waals surface area contributed by atoms with Gasteiger partial charge in [-0.25, -0.2) is 4.98 Å². The smallest absolute Gasteiger partial charge is 0.253 e. The lowest BCUT2D eigenvalue weighted by molar-refractivity contribution is 0.0926. The van der Waals surface area contributed by atoms with Crippen molar-refractivity contribution in [2.45, 2.75) is 30.0 Å². The Morgan fingerprint density at radius 1 is 1.52 bits per heavy atom. The molecule has 2 aromatic rings. The quantitative estimate of drug-likeness (QED) is 0.849. The second-order valence-corrected chi connectivity index (χ2v) is 6.56. The van der Waals surface area contributed by atoms with Crippen LogP contribution in [0.5, 0.6) is 0 Å². The molecule has 1 aliphatic heterocycles. The Balaban J connectivity index is 1.61. The summed E-state index contributed by atoms with van der Waals surface area (Å²) in [5, 5.41) is 8.29. The van der Waals surface area contributed by atoms with Crippen molar-refractivity contribution in [3.63, 3.8) is 0 Å². The lowest BCUT2D eigenvalue weighted by atomic mass is 10.0. The van der Waals surface area contributed by atoms with Crippen LogP contribution >= 0.6 is 11.8 Å². The molecule has 4 rings (SSSR count). The minimum atomic E-state index is -0.0425. The van der Waals surface area contributed by atoms with Crippen molar-refractivity contribution in [2.75, 3.05) is 12.8 Å².